The fourth-order valence-corrected chi connectivity index (χ4v) is 4.85. The first-order chi connectivity index (χ1) is 15.4. The average Bonchev–Trinajstić information content (AvgIpc) is 2.90. The molecule has 2 aliphatic rings. The van der Waals surface area contributed by atoms with Crippen LogP contribution in [-0.4, -0.2) is 73.4 Å². The van der Waals surface area contributed by atoms with Gasteiger partial charge in [-0.15, -0.1) is 0 Å². The predicted molar refractivity (Wildman–Crippen MR) is 122 cm³/mol. The quantitative estimate of drug-likeness (QED) is 0.615. The largest absolute Gasteiger partial charge is 0.504 e. The molecule has 0 radical (unpaired) electrons. The molecule has 2 aromatic carbocycles. The molecule has 0 unspecified atom stereocenters. The van der Waals surface area contributed by atoms with Crippen LogP contribution >= 0.6 is 0 Å². The van der Waals surface area contributed by atoms with Crippen molar-refractivity contribution >= 4 is 5.91 Å². The lowest BCUT2D eigenvalue weighted by Gasteiger charge is -2.34. The fourth-order valence-electron chi connectivity index (χ4n) is 4.85. The third kappa shape index (κ3) is 4.48. The highest BCUT2D eigenvalue weighted by molar-refractivity contribution is 5.80. The Morgan fingerprint density at radius 1 is 1.03 bits per heavy atom. The van der Waals surface area contributed by atoms with E-state index >= 15 is 0 Å². The molecule has 0 saturated heterocycles. The van der Waals surface area contributed by atoms with Crippen LogP contribution < -0.4 is 9.47 Å². The molecule has 4 rings (SSSR count). The first-order valence-electron chi connectivity index (χ1n) is 11.1. The molecule has 0 aromatic heterocycles. The third-order valence-corrected chi connectivity index (χ3v) is 6.69. The first kappa shape index (κ1) is 22.3. The summed E-state index contributed by atoms with van der Waals surface area (Å²) < 4.78 is 10.8. The molecule has 1 amide bonds. The van der Waals surface area contributed by atoms with Crippen LogP contribution in [0.2, 0.25) is 0 Å². The lowest BCUT2D eigenvalue weighted by atomic mass is 9.77. The molecule has 172 valence electrons. The zero-order valence-electron chi connectivity index (χ0n) is 19.1. The van der Waals surface area contributed by atoms with Crippen molar-refractivity contribution in [2.75, 3.05) is 47.4 Å². The van der Waals surface area contributed by atoms with E-state index in [1.807, 2.05) is 4.90 Å². The fraction of sp³-hybridized carbons (Fsp3) is 0.480. The van der Waals surface area contributed by atoms with Gasteiger partial charge in [0, 0.05) is 25.6 Å². The number of fused-ring (bicyclic) bond motifs is 2. The lowest BCUT2D eigenvalue weighted by Crippen LogP contribution is -2.36. The zero-order chi connectivity index (χ0) is 22.8. The predicted octanol–water partition coefficient (Wildman–Crippen LogP) is 2.70. The van der Waals surface area contributed by atoms with E-state index in [0.29, 0.717) is 25.4 Å². The summed E-state index contributed by atoms with van der Waals surface area (Å²) >= 11 is 0. The van der Waals surface area contributed by atoms with E-state index < -0.39 is 0 Å². The molecule has 2 N–H and O–H groups in total. The van der Waals surface area contributed by atoms with Crippen molar-refractivity contribution in [2.24, 2.45) is 0 Å². The molecule has 0 spiro atoms. The molecule has 32 heavy (non-hydrogen) atoms. The highest BCUT2D eigenvalue weighted by atomic mass is 16.5. The van der Waals surface area contributed by atoms with E-state index in [2.05, 4.69) is 24.1 Å². The van der Waals surface area contributed by atoms with Crippen LogP contribution in [0.4, 0.5) is 0 Å². The molecule has 2 aromatic rings. The van der Waals surface area contributed by atoms with Gasteiger partial charge in [-0.3, -0.25) is 4.79 Å². The molecule has 1 aliphatic carbocycles. The van der Waals surface area contributed by atoms with Crippen molar-refractivity contribution in [2.45, 2.75) is 31.6 Å². The molecule has 7 heteroatoms. The number of methoxy groups -OCH3 is 2. The first-order valence-corrected chi connectivity index (χ1v) is 11.1. The highest BCUT2D eigenvalue weighted by Crippen LogP contribution is 2.42. The Morgan fingerprint density at radius 3 is 2.44 bits per heavy atom. The number of carbonyl (C=O) groups is 1. The van der Waals surface area contributed by atoms with Crippen LogP contribution in [0.5, 0.6) is 23.0 Å². The number of amides is 1. The van der Waals surface area contributed by atoms with E-state index in [9.17, 15) is 15.0 Å². The average molecular weight is 441 g/mol. The summed E-state index contributed by atoms with van der Waals surface area (Å²) in [6, 6.07) is 7.27. The number of hydrogen-bond donors (Lipinski definition) is 2. The summed E-state index contributed by atoms with van der Waals surface area (Å²) in [5.41, 5.74) is 4.40. The van der Waals surface area contributed by atoms with Gasteiger partial charge in [-0.1, -0.05) is 0 Å². The monoisotopic (exact) mass is 440 g/mol. The third-order valence-electron chi connectivity index (χ3n) is 6.69. The van der Waals surface area contributed by atoms with Crippen molar-refractivity contribution < 1.29 is 24.5 Å². The summed E-state index contributed by atoms with van der Waals surface area (Å²) in [5.74, 6) is 1.84. The minimum atomic E-state index is -0.166. The Balaban J connectivity index is 1.27. The number of hydrogen-bond acceptors (Lipinski definition) is 6. The minimum absolute atomic E-state index is 0.0745. The second-order valence-electron chi connectivity index (χ2n) is 8.84. The molecule has 1 aliphatic heterocycles. The van der Waals surface area contributed by atoms with Crippen LogP contribution in [0.1, 0.15) is 34.6 Å². The van der Waals surface area contributed by atoms with Crippen LogP contribution in [0.3, 0.4) is 0 Å². The summed E-state index contributed by atoms with van der Waals surface area (Å²) in [5, 5.41) is 19.5. The van der Waals surface area contributed by atoms with Crippen LogP contribution in [0.15, 0.2) is 24.3 Å². The molecule has 1 atom stereocenters. The van der Waals surface area contributed by atoms with Gasteiger partial charge >= 0.3 is 0 Å². The molecular weight excluding hydrogens is 408 g/mol. The molecule has 0 fully saturated rings. The van der Waals surface area contributed by atoms with Gasteiger partial charge in [-0.05, 0) is 79.4 Å². The summed E-state index contributed by atoms with van der Waals surface area (Å²) in [7, 11) is 5.46. The van der Waals surface area contributed by atoms with Gasteiger partial charge in [0.25, 0.3) is 0 Å². The number of aromatic hydroxyl groups is 2. The Hall–Kier alpha value is -2.93. The maximum Gasteiger partial charge on any atom is 0.227 e. The number of carbonyl (C=O) groups excluding carboxylic acids is 1. The molecule has 7 nitrogen and oxygen atoms in total. The van der Waals surface area contributed by atoms with E-state index in [1.54, 1.807) is 20.3 Å². The highest BCUT2D eigenvalue weighted by Gasteiger charge is 2.29. The van der Waals surface area contributed by atoms with Gasteiger partial charge in [0.05, 0.1) is 20.6 Å². The summed E-state index contributed by atoms with van der Waals surface area (Å²) in [6.07, 6.45) is 2.90. The Labute approximate surface area is 189 Å². The normalized spacial score (nSPS) is 17.4. The van der Waals surface area contributed by atoms with Crippen LogP contribution in [-0.2, 0) is 24.1 Å². The van der Waals surface area contributed by atoms with E-state index in [0.717, 1.165) is 48.6 Å². The van der Waals surface area contributed by atoms with Gasteiger partial charge in [0.15, 0.2) is 23.0 Å². The van der Waals surface area contributed by atoms with E-state index in [-0.39, 0.29) is 23.8 Å². The van der Waals surface area contributed by atoms with Gasteiger partial charge in [0.2, 0.25) is 5.91 Å². The summed E-state index contributed by atoms with van der Waals surface area (Å²) in [4.78, 5) is 16.9. The van der Waals surface area contributed by atoms with Crippen molar-refractivity contribution in [1.82, 2.24) is 9.80 Å². The van der Waals surface area contributed by atoms with Crippen LogP contribution in [0.25, 0.3) is 0 Å². The zero-order valence-corrected chi connectivity index (χ0v) is 19.1. The van der Waals surface area contributed by atoms with E-state index in [1.165, 1.54) is 17.2 Å². The van der Waals surface area contributed by atoms with E-state index in [4.69, 9.17) is 9.47 Å². The van der Waals surface area contributed by atoms with Crippen molar-refractivity contribution in [3.63, 3.8) is 0 Å². The molecular formula is C25H32N2O5. The maximum absolute atomic E-state index is 12.7. The van der Waals surface area contributed by atoms with Gasteiger partial charge in [0.1, 0.15) is 0 Å². The number of benzene rings is 2. The smallest absolute Gasteiger partial charge is 0.227 e. The number of nitrogens with zero attached hydrogens (tertiary/aromatic N) is 2. The number of phenols is 2. The Morgan fingerprint density at radius 2 is 1.72 bits per heavy atom. The Kier molecular flexibility index (Phi) is 6.46. The number of rotatable bonds is 8. The van der Waals surface area contributed by atoms with Gasteiger partial charge < -0.3 is 29.5 Å². The standard InChI is InChI=1S/C25H32N2O5/c1-26(15-19-9-18-12-23(31-2)24(32-3)14-20(18)19)6-4-7-27-8-5-16-10-21(28)22(29)11-17(16)13-25(27)30/h10-12,14,19,28-29H,4-9,13,15H2,1-3H3/t19-/m0/s1. The SMILES string of the molecule is COc1cc2c(cc1OC)[C@H](CN(C)CCCN1CCc3cc(O)c(O)cc3CC1=O)C2. The topological polar surface area (TPSA) is 82.5 Å². The van der Waals surface area contributed by atoms with Crippen molar-refractivity contribution in [1.29, 1.82) is 0 Å². The minimum Gasteiger partial charge on any atom is -0.504 e. The maximum atomic E-state index is 12.7. The summed E-state index contributed by atoms with van der Waals surface area (Å²) in [6.45, 7) is 3.23. The second kappa shape index (κ2) is 9.28. The number of likely N-dealkylation sites (N-methyl/N-ethyl adjacent to an activating group) is 1. The van der Waals surface area contributed by atoms with Crippen molar-refractivity contribution in [3.8, 4) is 23.0 Å². The lowest BCUT2D eigenvalue weighted by molar-refractivity contribution is -0.130. The van der Waals surface area contributed by atoms with Gasteiger partial charge in [-0.25, -0.2) is 0 Å². The number of ether oxygens (including phenoxy) is 2. The van der Waals surface area contributed by atoms with Gasteiger partial charge in [-0.2, -0.15) is 0 Å². The number of phenolic OH excluding ortho intramolecular Hbond substituents is 2. The Bertz CT molecular complexity index is 1010. The van der Waals surface area contributed by atoms with Crippen molar-refractivity contribution in [3.05, 3.63) is 46.5 Å². The molecule has 0 saturated carbocycles. The molecule has 1 heterocycles. The molecule has 0 bridgehead atoms. The second-order valence-corrected chi connectivity index (χ2v) is 8.84. The van der Waals surface area contributed by atoms with Crippen LogP contribution in [0, 0.1) is 0 Å².